The van der Waals surface area contributed by atoms with Crippen molar-refractivity contribution in [1.29, 1.82) is 0 Å². The van der Waals surface area contributed by atoms with Crippen LogP contribution in [0.5, 0.6) is 5.75 Å². The molecule has 0 aliphatic heterocycles. The second-order valence-corrected chi connectivity index (χ2v) is 10.9. The third-order valence-electron chi connectivity index (χ3n) is 7.42. The van der Waals surface area contributed by atoms with E-state index in [1.165, 1.54) is 19.1 Å². The Kier molecular flexibility index (Phi) is 10.9. The van der Waals surface area contributed by atoms with E-state index in [2.05, 4.69) is 20.9 Å². The molecule has 12 heteroatoms. The molecule has 0 aliphatic rings. The van der Waals surface area contributed by atoms with Crippen molar-refractivity contribution in [1.82, 2.24) is 20.9 Å². The molecule has 9 N–H and O–H groups in total. The number of aromatic hydroxyl groups is 1. The number of carbonyl (C=O) groups is 4. The van der Waals surface area contributed by atoms with Crippen LogP contribution in [0.25, 0.3) is 10.9 Å². The maximum Gasteiger partial charge on any atom is 0.328 e. The highest BCUT2D eigenvalue weighted by Crippen LogP contribution is 2.20. The summed E-state index contributed by atoms with van der Waals surface area (Å²) in [5.74, 6) is -3.56. The molecule has 0 saturated heterocycles. The molecule has 45 heavy (non-hydrogen) atoms. The third-order valence-corrected chi connectivity index (χ3v) is 7.42. The molecular weight excluding hydrogens is 578 g/mol. The lowest BCUT2D eigenvalue weighted by Gasteiger charge is -2.26. The molecule has 0 fully saturated rings. The van der Waals surface area contributed by atoms with Crippen LogP contribution >= 0.6 is 0 Å². The predicted octanol–water partition coefficient (Wildman–Crippen LogP) is 1.15. The van der Waals surface area contributed by atoms with E-state index in [4.69, 9.17) is 5.73 Å². The highest BCUT2D eigenvalue weighted by atomic mass is 16.4. The molecule has 1 aromatic heterocycles. The van der Waals surface area contributed by atoms with E-state index < -0.39 is 54.0 Å². The van der Waals surface area contributed by atoms with Gasteiger partial charge in [0.05, 0.1) is 12.1 Å². The van der Waals surface area contributed by atoms with Gasteiger partial charge in [-0.05, 0) is 48.2 Å². The van der Waals surface area contributed by atoms with Crippen LogP contribution in [-0.4, -0.2) is 74.3 Å². The van der Waals surface area contributed by atoms with Crippen molar-refractivity contribution in [2.45, 2.75) is 56.5 Å². The molecule has 5 unspecified atom stereocenters. The van der Waals surface area contributed by atoms with Crippen molar-refractivity contribution in [3.8, 4) is 5.75 Å². The molecule has 12 nitrogen and oxygen atoms in total. The van der Waals surface area contributed by atoms with Crippen LogP contribution in [0.4, 0.5) is 0 Å². The summed E-state index contributed by atoms with van der Waals surface area (Å²) >= 11 is 0. The Bertz CT molecular complexity index is 1620. The Hall–Kier alpha value is -5.20. The van der Waals surface area contributed by atoms with E-state index in [1.807, 2.05) is 54.6 Å². The van der Waals surface area contributed by atoms with Crippen molar-refractivity contribution in [3.05, 3.63) is 102 Å². The smallest absolute Gasteiger partial charge is 0.328 e. The van der Waals surface area contributed by atoms with Crippen molar-refractivity contribution in [3.63, 3.8) is 0 Å². The number of nitrogens with two attached hydrogens (primary N) is 1. The minimum atomic E-state index is -1.62. The summed E-state index contributed by atoms with van der Waals surface area (Å²) in [4.78, 5) is 55.3. The molecular formula is C33H37N5O7. The van der Waals surface area contributed by atoms with Crippen LogP contribution in [-0.2, 0) is 38.4 Å². The van der Waals surface area contributed by atoms with Crippen LogP contribution < -0.4 is 21.7 Å². The standard InChI is InChI=1S/C33H37N5O7/c1-19(39)29(33(44)45)38-32(43)28(17-22-18-35-26-10-6-5-9-24(22)26)37-31(42)27(16-21-11-13-23(40)14-12-21)36-30(41)25(34)15-20-7-3-2-4-8-20/h2-14,18-19,25,27-29,35,39-40H,15-17,34H2,1H3,(H,36,41)(H,37,42)(H,38,43)(H,44,45). The Morgan fingerprint density at radius 2 is 1.33 bits per heavy atom. The number of H-pyrrole nitrogens is 1. The van der Waals surface area contributed by atoms with Gasteiger partial charge in [-0.25, -0.2) is 4.79 Å². The highest BCUT2D eigenvalue weighted by molar-refractivity contribution is 5.95. The van der Waals surface area contributed by atoms with Crippen molar-refractivity contribution in [2.75, 3.05) is 0 Å². The summed E-state index contributed by atoms with van der Waals surface area (Å²) < 4.78 is 0. The first-order valence-corrected chi connectivity index (χ1v) is 14.5. The van der Waals surface area contributed by atoms with Gasteiger partial charge in [0.1, 0.15) is 17.8 Å². The highest BCUT2D eigenvalue weighted by Gasteiger charge is 2.32. The first kappa shape index (κ1) is 32.7. The number of phenolic OH excluding ortho intramolecular Hbond substituents is 1. The second kappa shape index (κ2) is 15.0. The zero-order chi connectivity index (χ0) is 32.5. The number of aromatic amines is 1. The van der Waals surface area contributed by atoms with Gasteiger partial charge >= 0.3 is 5.97 Å². The Morgan fingerprint density at radius 1 is 0.756 bits per heavy atom. The van der Waals surface area contributed by atoms with E-state index in [-0.39, 0.29) is 25.0 Å². The minimum Gasteiger partial charge on any atom is -0.508 e. The molecule has 0 aliphatic carbocycles. The van der Waals surface area contributed by atoms with E-state index in [0.717, 1.165) is 16.5 Å². The number of rotatable bonds is 14. The van der Waals surface area contributed by atoms with E-state index in [1.54, 1.807) is 18.3 Å². The number of para-hydroxylation sites is 1. The van der Waals surface area contributed by atoms with E-state index in [0.29, 0.717) is 11.1 Å². The summed E-state index contributed by atoms with van der Waals surface area (Å²) in [7, 11) is 0. The van der Waals surface area contributed by atoms with Gasteiger partial charge in [-0.15, -0.1) is 0 Å². The molecule has 5 atom stereocenters. The Morgan fingerprint density at radius 3 is 2.00 bits per heavy atom. The van der Waals surface area contributed by atoms with Gasteiger partial charge in [0.15, 0.2) is 6.04 Å². The molecule has 0 spiro atoms. The number of benzene rings is 3. The Labute approximate surface area is 259 Å². The third kappa shape index (κ3) is 8.91. The Balaban J connectivity index is 1.60. The summed E-state index contributed by atoms with van der Waals surface area (Å²) in [5, 5.41) is 37.7. The number of amides is 3. The number of carboxylic acids is 1. The van der Waals surface area contributed by atoms with Gasteiger partial charge in [0, 0.05) is 29.9 Å². The van der Waals surface area contributed by atoms with E-state index >= 15 is 0 Å². The fourth-order valence-corrected chi connectivity index (χ4v) is 4.96. The molecule has 0 radical (unpaired) electrons. The molecule has 3 amide bonds. The molecule has 0 bridgehead atoms. The fraction of sp³-hybridized carbons (Fsp3) is 0.273. The van der Waals surface area contributed by atoms with Crippen LogP contribution in [0.2, 0.25) is 0 Å². The lowest BCUT2D eigenvalue weighted by atomic mass is 10.0. The topological polar surface area (TPSA) is 207 Å². The average molecular weight is 616 g/mol. The van der Waals surface area contributed by atoms with Gasteiger partial charge in [-0.3, -0.25) is 14.4 Å². The van der Waals surface area contributed by atoms with Crippen LogP contribution in [0.1, 0.15) is 23.6 Å². The number of aliphatic hydroxyl groups excluding tert-OH is 1. The first-order valence-electron chi connectivity index (χ1n) is 14.5. The molecule has 236 valence electrons. The van der Waals surface area contributed by atoms with Gasteiger partial charge in [0.25, 0.3) is 0 Å². The average Bonchev–Trinajstić information content (AvgIpc) is 3.42. The van der Waals surface area contributed by atoms with Crippen molar-refractivity contribution in [2.24, 2.45) is 5.73 Å². The van der Waals surface area contributed by atoms with Crippen molar-refractivity contribution >= 4 is 34.6 Å². The number of carboxylic acid groups (broad SMARTS) is 1. The van der Waals surface area contributed by atoms with Gasteiger partial charge < -0.3 is 42.0 Å². The molecule has 4 rings (SSSR count). The zero-order valence-corrected chi connectivity index (χ0v) is 24.6. The summed E-state index contributed by atoms with van der Waals surface area (Å²) in [5.41, 5.74) is 9.12. The normalized spacial score (nSPS) is 14.5. The zero-order valence-electron chi connectivity index (χ0n) is 24.6. The van der Waals surface area contributed by atoms with Crippen molar-refractivity contribution < 1.29 is 34.5 Å². The number of fused-ring (bicyclic) bond motifs is 1. The summed E-state index contributed by atoms with van der Waals surface area (Å²) in [6.07, 6.45) is 0.480. The molecule has 0 saturated carbocycles. The molecule has 1 heterocycles. The number of aliphatic hydroxyl groups is 1. The van der Waals surface area contributed by atoms with Crippen LogP contribution in [0.15, 0.2) is 85.1 Å². The number of phenols is 1. The molecule has 3 aromatic carbocycles. The number of hydrogen-bond donors (Lipinski definition) is 8. The summed E-state index contributed by atoms with van der Waals surface area (Å²) in [6, 6.07) is 17.5. The molecule has 4 aromatic rings. The van der Waals surface area contributed by atoms with Gasteiger partial charge in [0.2, 0.25) is 17.7 Å². The maximum atomic E-state index is 13.8. The maximum absolute atomic E-state index is 13.8. The quantitative estimate of drug-likeness (QED) is 0.103. The number of carbonyl (C=O) groups excluding carboxylic acids is 3. The lowest BCUT2D eigenvalue weighted by Crippen LogP contribution is -2.59. The fourth-order valence-electron chi connectivity index (χ4n) is 4.96. The minimum absolute atomic E-state index is 0.00274. The van der Waals surface area contributed by atoms with E-state index in [9.17, 15) is 34.5 Å². The van der Waals surface area contributed by atoms with Crippen LogP contribution in [0.3, 0.4) is 0 Å². The number of nitrogens with one attached hydrogen (secondary N) is 4. The predicted molar refractivity (Wildman–Crippen MR) is 167 cm³/mol. The number of aromatic nitrogens is 1. The first-order chi connectivity index (χ1) is 21.5. The SMILES string of the molecule is CC(O)C(NC(=O)C(Cc1c[nH]c2ccccc12)NC(=O)C(Cc1ccc(O)cc1)NC(=O)C(N)Cc1ccccc1)C(=O)O. The lowest BCUT2D eigenvalue weighted by molar-refractivity contribution is -0.145. The largest absolute Gasteiger partial charge is 0.508 e. The van der Waals surface area contributed by atoms with Gasteiger partial charge in [-0.1, -0.05) is 60.7 Å². The van der Waals surface area contributed by atoms with Gasteiger partial charge in [-0.2, -0.15) is 0 Å². The van der Waals surface area contributed by atoms with Crippen LogP contribution in [0, 0.1) is 0 Å². The second-order valence-electron chi connectivity index (χ2n) is 10.9. The number of hydrogen-bond acceptors (Lipinski definition) is 7. The summed E-state index contributed by atoms with van der Waals surface area (Å²) in [6.45, 7) is 1.23. The number of aliphatic carboxylic acids is 1. The monoisotopic (exact) mass is 615 g/mol.